The number of anilines is 1. The van der Waals surface area contributed by atoms with Crippen LogP contribution in [0.25, 0.3) is 0 Å². The maximum Gasteiger partial charge on any atom is 0.0949 e. The Kier molecular flexibility index (Phi) is 5.21. The van der Waals surface area contributed by atoms with Crippen LogP contribution >= 0.6 is 23.2 Å². The zero-order valence-corrected chi connectivity index (χ0v) is 13.6. The lowest BCUT2D eigenvalue weighted by Crippen LogP contribution is -2.33. The van der Waals surface area contributed by atoms with Crippen LogP contribution in [0.1, 0.15) is 17.2 Å². The summed E-state index contributed by atoms with van der Waals surface area (Å²) >= 11 is 12.3. The van der Waals surface area contributed by atoms with Gasteiger partial charge in [0.1, 0.15) is 0 Å². The molecular weight excluding hydrogens is 319 g/mol. The number of benzene rings is 2. The fourth-order valence-corrected chi connectivity index (χ4v) is 3.02. The van der Waals surface area contributed by atoms with E-state index in [2.05, 4.69) is 34.9 Å². The van der Waals surface area contributed by atoms with E-state index in [-0.39, 0.29) is 6.10 Å². The highest BCUT2D eigenvalue weighted by molar-refractivity contribution is 6.36. The van der Waals surface area contributed by atoms with Crippen LogP contribution in [0.2, 0.25) is 10.0 Å². The average molecular weight is 337 g/mol. The minimum Gasteiger partial charge on any atom is -0.381 e. The van der Waals surface area contributed by atoms with Gasteiger partial charge in [0.25, 0.3) is 0 Å². The first-order valence-corrected chi connectivity index (χ1v) is 8.08. The van der Waals surface area contributed by atoms with E-state index in [9.17, 15) is 0 Å². The smallest absolute Gasteiger partial charge is 0.0949 e. The topological polar surface area (TPSA) is 33.3 Å². The number of ether oxygens (including phenoxy) is 1. The van der Waals surface area contributed by atoms with Crippen molar-refractivity contribution in [2.45, 2.75) is 12.6 Å². The van der Waals surface area contributed by atoms with Crippen molar-refractivity contribution in [1.82, 2.24) is 5.32 Å². The van der Waals surface area contributed by atoms with Crippen LogP contribution in [0, 0.1) is 0 Å². The lowest BCUT2D eigenvalue weighted by atomic mass is 10.1. The third kappa shape index (κ3) is 3.73. The molecule has 0 aliphatic carbocycles. The summed E-state index contributed by atoms with van der Waals surface area (Å²) in [6.45, 7) is 3.14. The van der Waals surface area contributed by atoms with Crippen molar-refractivity contribution >= 4 is 28.9 Å². The standard InChI is InChI=1S/C17H18Cl2N2O/c18-15-2-1-3-16(19)14(15)10-21-13-6-4-12(5-7-13)17-11-20-8-9-22-17/h1-7,17,20-21H,8-11H2/t17-/m0/s1. The zero-order valence-electron chi connectivity index (χ0n) is 12.1. The molecule has 22 heavy (non-hydrogen) atoms. The van der Waals surface area contributed by atoms with Crippen LogP contribution in [0.5, 0.6) is 0 Å². The van der Waals surface area contributed by atoms with E-state index in [1.807, 2.05) is 18.2 Å². The minimum atomic E-state index is 0.140. The van der Waals surface area contributed by atoms with Crippen LogP contribution in [0.15, 0.2) is 42.5 Å². The molecule has 0 saturated carbocycles. The zero-order chi connectivity index (χ0) is 15.4. The lowest BCUT2D eigenvalue weighted by Gasteiger charge is -2.24. The number of nitrogens with one attached hydrogen (secondary N) is 2. The van der Waals surface area contributed by atoms with Gasteiger partial charge >= 0.3 is 0 Å². The molecule has 1 heterocycles. The first kappa shape index (κ1) is 15.6. The van der Waals surface area contributed by atoms with Gasteiger partial charge < -0.3 is 15.4 Å². The predicted molar refractivity (Wildman–Crippen MR) is 91.8 cm³/mol. The predicted octanol–water partition coefficient (Wildman–Crippen LogP) is 4.27. The van der Waals surface area contributed by atoms with E-state index < -0.39 is 0 Å². The Morgan fingerprint density at radius 2 is 1.82 bits per heavy atom. The summed E-state index contributed by atoms with van der Waals surface area (Å²) in [5.74, 6) is 0. The third-order valence-corrected chi connectivity index (χ3v) is 4.45. The fourth-order valence-electron chi connectivity index (χ4n) is 2.49. The normalized spacial score (nSPS) is 18.2. The molecule has 0 unspecified atom stereocenters. The van der Waals surface area contributed by atoms with Crippen LogP contribution in [0.4, 0.5) is 5.69 Å². The molecule has 0 aromatic heterocycles. The van der Waals surface area contributed by atoms with Crippen LogP contribution in [-0.4, -0.2) is 19.7 Å². The molecule has 0 spiro atoms. The van der Waals surface area contributed by atoms with Gasteiger partial charge in [-0.3, -0.25) is 0 Å². The van der Waals surface area contributed by atoms with Gasteiger partial charge in [0.05, 0.1) is 12.7 Å². The maximum atomic E-state index is 6.17. The second kappa shape index (κ2) is 7.34. The molecule has 2 aromatic carbocycles. The Hall–Kier alpha value is -1.26. The minimum absolute atomic E-state index is 0.140. The van der Waals surface area contributed by atoms with Crippen molar-refractivity contribution in [1.29, 1.82) is 0 Å². The highest BCUT2D eigenvalue weighted by Gasteiger charge is 2.15. The van der Waals surface area contributed by atoms with Gasteiger partial charge in [-0.05, 0) is 29.8 Å². The molecule has 116 valence electrons. The first-order valence-electron chi connectivity index (χ1n) is 7.33. The van der Waals surface area contributed by atoms with Crippen LogP contribution in [-0.2, 0) is 11.3 Å². The number of rotatable bonds is 4. The first-order chi connectivity index (χ1) is 10.7. The van der Waals surface area contributed by atoms with Crippen LogP contribution in [0.3, 0.4) is 0 Å². The van der Waals surface area contributed by atoms with E-state index in [1.165, 1.54) is 5.56 Å². The van der Waals surface area contributed by atoms with Crippen molar-refractivity contribution in [3.8, 4) is 0 Å². The molecule has 1 aliphatic rings. The van der Waals surface area contributed by atoms with Crippen molar-refractivity contribution in [2.75, 3.05) is 25.0 Å². The van der Waals surface area contributed by atoms with E-state index in [1.54, 1.807) is 0 Å². The number of halogens is 2. The molecule has 1 atom stereocenters. The maximum absolute atomic E-state index is 6.17. The Morgan fingerprint density at radius 1 is 1.09 bits per heavy atom. The summed E-state index contributed by atoms with van der Waals surface area (Å²) in [7, 11) is 0. The monoisotopic (exact) mass is 336 g/mol. The summed E-state index contributed by atoms with van der Waals surface area (Å²) in [6, 6.07) is 13.8. The van der Waals surface area contributed by atoms with Gasteiger partial charge in [0.15, 0.2) is 0 Å². The van der Waals surface area contributed by atoms with Gasteiger partial charge in [-0.1, -0.05) is 41.4 Å². The Labute approximate surface area is 140 Å². The lowest BCUT2D eigenvalue weighted by molar-refractivity contribution is 0.0277. The molecule has 3 rings (SSSR count). The number of hydrogen-bond donors (Lipinski definition) is 2. The summed E-state index contributed by atoms with van der Waals surface area (Å²) < 4.78 is 5.75. The van der Waals surface area contributed by atoms with Crippen molar-refractivity contribution < 1.29 is 4.74 Å². The van der Waals surface area contributed by atoms with Gasteiger partial charge in [-0.15, -0.1) is 0 Å². The van der Waals surface area contributed by atoms with E-state index >= 15 is 0 Å². The highest BCUT2D eigenvalue weighted by atomic mass is 35.5. The summed E-state index contributed by atoms with van der Waals surface area (Å²) in [5.41, 5.74) is 3.13. The largest absolute Gasteiger partial charge is 0.381 e. The fraction of sp³-hybridized carbons (Fsp3) is 0.294. The van der Waals surface area contributed by atoms with Crippen molar-refractivity contribution in [2.24, 2.45) is 0 Å². The number of hydrogen-bond acceptors (Lipinski definition) is 3. The van der Waals surface area contributed by atoms with Gasteiger partial charge in [-0.2, -0.15) is 0 Å². The molecule has 1 aliphatic heterocycles. The highest BCUT2D eigenvalue weighted by Crippen LogP contribution is 2.26. The van der Waals surface area contributed by atoms with E-state index in [0.29, 0.717) is 16.6 Å². The summed E-state index contributed by atoms with van der Waals surface area (Å²) in [6.07, 6.45) is 0.140. The molecule has 0 radical (unpaired) electrons. The Balaban J connectivity index is 1.64. The molecule has 0 amide bonds. The molecule has 5 heteroatoms. The molecular formula is C17H18Cl2N2O. The second-order valence-corrected chi connectivity index (χ2v) is 6.05. The Morgan fingerprint density at radius 3 is 2.45 bits per heavy atom. The molecule has 3 nitrogen and oxygen atoms in total. The SMILES string of the molecule is Clc1cccc(Cl)c1CNc1ccc([C@@H]2CNCCO2)cc1. The second-order valence-electron chi connectivity index (χ2n) is 5.24. The molecule has 1 saturated heterocycles. The molecule has 1 fully saturated rings. The van der Waals surface area contributed by atoms with Gasteiger partial charge in [0.2, 0.25) is 0 Å². The molecule has 0 bridgehead atoms. The summed E-state index contributed by atoms with van der Waals surface area (Å²) in [4.78, 5) is 0. The number of morpholine rings is 1. The summed E-state index contributed by atoms with van der Waals surface area (Å²) in [5, 5.41) is 8.04. The van der Waals surface area contributed by atoms with E-state index in [4.69, 9.17) is 27.9 Å². The molecule has 2 N–H and O–H groups in total. The van der Waals surface area contributed by atoms with Crippen molar-refractivity contribution in [3.63, 3.8) is 0 Å². The molecule has 2 aromatic rings. The van der Waals surface area contributed by atoms with Gasteiger partial charge in [0, 0.05) is 40.9 Å². The van der Waals surface area contributed by atoms with Crippen molar-refractivity contribution in [3.05, 3.63) is 63.6 Å². The van der Waals surface area contributed by atoms with Gasteiger partial charge in [-0.25, -0.2) is 0 Å². The van der Waals surface area contributed by atoms with E-state index in [0.717, 1.165) is 30.9 Å². The van der Waals surface area contributed by atoms with Crippen LogP contribution < -0.4 is 10.6 Å². The Bertz CT molecular complexity index is 605. The quantitative estimate of drug-likeness (QED) is 0.874. The average Bonchev–Trinajstić information content (AvgIpc) is 2.56. The third-order valence-electron chi connectivity index (χ3n) is 3.74.